The molecule has 0 atom stereocenters. The molecule has 0 aliphatic heterocycles. The summed E-state index contributed by atoms with van der Waals surface area (Å²) in [6.45, 7) is 19.8. The van der Waals surface area contributed by atoms with Crippen molar-refractivity contribution >= 4 is 74.2 Å². The molecule has 0 spiro atoms. The van der Waals surface area contributed by atoms with Crippen LogP contribution >= 0.6 is 10.5 Å². The normalized spacial score (nSPS) is 11.1. The van der Waals surface area contributed by atoms with Crippen LogP contribution in [0.3, 0.4) is 0 Å². The molecule has 0 aliphatic carbocycles. The summed E-state index contributed by atoms with van der Waals surface area (Å²) in [5.41, 5.74) is 9.59. The van der Waals surface area contributed by atoms with Gasteiger partial charge >= 0.3 is 0 Å². The number of fused-ring (bicyclic) bond motifs is 3. The van der Waals surface area contributed by atoms with Gasteiger partial charge in [0.05, 0.1) is 43.6 Å². The molecular formula is C100H93O3S5+5. The van der Waals surface area contributed by atoms with Gasteiger partial charge in [0.15, 0.2) is 73.0 Å². The molecule has 8 heteroatoms. The predicted molar refractivity (Wildman–Crippen MR) is 463 cm³/mol. The Morgan fingerprint density at radius 1 is 0.231 bits per heavy atom. The summed E-state index contributed by atoms with van der Waals surface area (Å²) in [5.74, 6) is 0.677. The maximum atomic E-state index is 9.49. The lowest BCUT2D eigenvalue weighted by Gasteiger charge is -2.19. The average molecular weight is 1500 g/mol. The maximum Gasteiger partial charge on any atom is 0.187 e. The third-order valence-corrected chi connectivity index (χ3v) is 29.7. The Labute approximate surface area is 654 Å². The van der Waals surface area contributed by atoms with Gasteiger partial charge < -0.3 is 15.3 Å². The van der Waals surface area contributed by atoms with Gasteiger partial charge in [-0.3, -0.25) is 0 Å². The van der Waals surface area contributed by atoms with Crippen LogP contribution in [0.15, 0.2) is 441 Å². The number of thiophene rings is 1. The van der Waals surface area contributed by atoms with E-state index in [1.165, 1.54) is 108 Å². The summed E-state index contributed by atoms with van der Waals surface area (Å²) < 4.78 is 2.91. The van der Waals surface area contributed by atoms with Gasteiger partial charge in [-0.1, -0.05) is 219 Å². The number of hydrogen-bond acceptors (Lipinski definition) is 3. The SMILES string of the molecule is CC(C)(C)c1ccc([S+](c2ccccc2)c2ccccc2)cc1.Cc1cc(C)c([S+](c2ccccc2)c2ccccc2)c(C)c1.Cc1ccc([S+](c2ccc(C)cc2)c2ccc(C)cc2)cc1.Oc1ccc([S+](c2ccc(O)cc2)c2ccc(O)cc2)cc1.c1ccc(-[s+]2c3ccccc3c3ccccc32)cc1. The number of hydrogen-bond donors (Lipinski definition) is 3. The van der Waals surface area contributed by atoms with Gasteiger partial charge in [-0.25, -0.2) is 0 Å². The van der Waals surface area contributed by atoms with Crippen molar-refractivity contribution in [3.8, 4) is 22.1 Å². The van der Waals surface area contributed by atoms with Crippen LogP contribution in [-0.4, -0.2) is 15.3 Å². The molecule has 0 amide bonds. The van der Waals surface area contributed by atoms with Gasteiger partial charge in [-0.05, 0) is 259 Å². The number of aromatic hydroxyl groups is 3. The van der Waals surface area contributed by atoms with E-state index < -0.39 is 0 Å². The van der Waals surface area contributed by atoms with Crippen molar-refractivity contribution in [2.24, 2.45) is 0 Å². The van der Waals surface area contributed by atoms with Crippen LogP contribution in [-0.2, 0) is 49.0 Å². The van der Waals surface area contributed by atoms with E-state index in [9.17, 15) is 15.3 Å². The van der Waals surface area contributed by atoms with E-state index in [2.05, 4.69) is 372 Å². The minimum Gasteiger partial charge on any atom is -0.508 e. The van der Waals surface area contributed by atoms with Crippen LogP contribution in [0.25, 0.3) is 25.1 Å². The molecule has 0 bridgehead atoms. The summed E-state index contributed by atoms with van der Waals surface area (Å²) in [5, 5.41) is 31.3. The summed E-state index contributed by atoms with van der Waals surface area (Å²) in [7, 11) is -0.449. The van der Waals surface area contributed by atoms with Crippen LogP contribution in [0.4, 0.5) is 0 Å². The second-order valence-corrected chi connectivity index (χ2v) is 37.5. The largest absolute Gasteiger partial charge is 0.508 e. The number of rotatable bonds is 13. The van der Waals surface area contributed by atoms with Gasteiger partial charge in [0, 0.05) is 32.4 Å². The van der Waals surface area contributed by atoms with Crippen LogP contribution in [0, 0.1) is 41.5 Å². The molecule has 0 radical (unpaired) electrons. The quantitative estimate of drug-likeness (QED) is 0.101. The molecule has 0 aliphatic rings. The summed E-state index contributed by atoms with van der Waals surface area (Å²) in [4.78, 5) is 17.0. The smallest absolute Gasteiger partial charge is 0.187 e. The first-order chi connectivity index (χ1) is 52.4. The minimum absolute atomic E-state index is 0.0394. The van der Waals surface area contributed by atoms with E-state index in [0.717, 1.165) is 14.7 Å². The second-order valence-electron chi connectivity index (χ2n) is 27.5. The fourth-order valence-electron chi connectivity index (χ4n) is 12.8. The van der Waals surface area contributed by atoms with Crippen LogP contribution in [0.2, 0.25) is 0 Å². The predicted octanol–water partition coefficient (Wildman–Crippen LogP) is 27.1. The van der Waals surface area contributed by atoms with Gasteiger partial charge in [-0.15, -0.1) is 0 Å². The lowest BCUT2D eigenvalue weighted by molar-refractivity contribution is 0.474. The Morgan fingerprint density at radius 3 is 0.750 bits per heavy atom. The zero-order valence-corrected chi connectivity index (χ0v) is 66.8. The zero-order valence-electron chi connectivity index (χ0n) is 62.8. The van der Waals surface area contributed by atoms with Gasteiger partial charge in [0.1, 0.15) is 17.2 Å². The van der Waals surface area contributed by atoms with E-state index in [-0.39, 0.29) is 76.7 Å². The Morgan fingerprint density at radius 2 is 0.463 bits per heavy atom. The van der Waals surface area contributed by atoms with E-state index in [4.69, 9.17) is 0 Å². The fourth-order valence-corrected chi connectivity index (χ4v) is 23.8. The first-order valence-electron chi connectivity index (χ1n) is 36.3. The van der Waals surface area contributed by atoms with Crippen molar-refractivity contribution in [1.29, 1.82) is 0 Å². The first kappa shape index (κ1) is 77.0. The van der Waals surface area contributed by atoms with Crippen molar-refractivity contribution < 1.29 is 15.3 Å². The molecule has 3 N–H and O–H groups in total. The van der Waals surface area contributed by atoms with Crippen LogP contribution in [0.5, 0.6) is 17.2 Å². The second kappa shape index (κ2) is 36.7. The molecule has 16 aromatic rings. The summed E-state index contributed by atoms with van der Waals surface area (Å²) >= 11 is 0. The highest BCUT2D eigenvalue weighted by molar-refractivity contribution is 7.98. The monoisotopic (exact) mass is 1500 g/mol. The van der Waals surface area contributed by atoms with Crippen molar-refractivity contribution in [2.45, 2.75) is 126 Å². The van der Waals surface area contributed by atoms with E-state index in [1.54, 1.807) is 36.4 Å². The summed E-state index contributed by atoms with van der Waals surface area (Å²) in [6.07, 6.45) is 0. The molecule has 0 saturated carbocycles. The van der Waals surface area contributed by atoms with Crippen LogP contribution < -0.4 is 0 Å². The molecule has 0 saturated heterocycles. The Kier molecular flexibility index (Phi) is 26.2. The summed E-state index contributed by atoms with van der Waals surface area (Å²) in [6, 6.07) is 134. The topological polar surface area (TPSA) is 60.7 Å². The Bertz CT molecular complexity index is 4950. The minimum atomic E-state index is -0.373. The lowest BCUT2D eigenvalue weighted by atomic mass is 9.87. The number of aryl methyl sites for hydroxylation is 6. The molecule has 16 rings (SSSR count). The van der Waals surface area contributed by atoms with Crippen LogP contribution in [0.1, 0.15) is 59.7 Å². The number of benzene rings is 15. The molecule has 1 heterocycles. The van der Waals surface area contributed by atoms with Crippen molar-refractivity contribution in [2.75, 3.05) is 0 Å². The molecule has 1 aromatic heterocycles. The highest BCUT2D eigenvalue weighted by Gasteiger charge is 2.34. The molecule has 0 unspecified atom stereocenters. The van der Waals surface area contributed by atoms with Crippen molar-refractivity contribution in [3.63, 3.8) is 0 Å². The van der Waals surface area contributed by atoms with Gasteiger partial charge in [-0.2, -0.15) is 0 Å². The standard InChI is InChI=1S/C22H23S.2C21H21S.C18H14O3S.C18H13S/c1-22(2,3)18-14-16-21(17-15-18)23(19-10-6-4-7-11-19)20-12-8-5-9-13-20;1-16-4-10-19(11-5-16)22(20-12-6-17(2)7-13-20)21-14-8-18(3)9-15-21;1-16-14-17(2)21(18(3)15-16)22(19-10-6-4-7-11-19)20-12-8-5-9-13-20;19-13-1-7-16(8-2-13)22(17-9-3-14(20)4-10-17)18-11-5-15(21)6-12-18;1-2-8-14(9-3-1)19-17-12-6-4-10-15(17)16-11-5-7-13-18(16)19/h4-17H,1-3H3;2*4-15H,1-3H3;1-12H,(H2-,19,20,21);1-13H/q3*+1;;+1/p+1. The zero-order chi connectivity index (χ0) is 75.5. The molecule has 108 heavy (non-hydrogen) atoms. The van der Waals surface area contributed by atoms with E-state index in [0.29, 0.717) is 0 Å². The van der Waals surface area contributed by atoms with E-state index >= 15 is 0 Å². The Hall–Kier alpha value is -10.7. The fraction of sp³-hybridized carbons (Fsp3) is 0.100. The molecular weight excluding hydrogens is 1410 g/mol. The van der Waals surface area contributed by atoms with E-state index in [1.807, 2.05) is 36.4 Å². The average Bonchev–Trinajstić information content (AvgIpc) is 1.55. The van der Waals surface area contributed by atoms with Crippen molar-refractivity contribution in [1.82, 2.24) is 0 Å². The maximum absolute atomic E-state index is 9.49. The van der Waals surface area contributed by atoms with Gasteiger partial charge in [0.25, 0.3) is 0 Å². The molecule has 0 fully saturated rings. The first-order valence-corrected chi connectivity index (χ1v) is 42.5. The lowest BCUT2D eigenvalue weighted by Crippen LogP contribution is -2.11. The highest BCUT2D eigenvalue weighted by Crippen LogP contribution is 2.48. The molecule has 15 aromatic carbocycles. The number of phenols is 3. The Balaban J connectivity index is 0.000000126. The molecule has 536 valence electrons. The van der Waals surface area contributed by atoms with Crippen molar-refractivity contribution in [3.05, 3.63) is 421 Å². The van der Waals surface area contributed by atoms with Gasteiger partial charge in [0.2, 0.25) is 0 Å². The molecule has 3 nitrogen and oxygen atoms in total. The highest BCUT2D eigenvalue weighted by atomic mass is 32.2. The third-order valence-electron chi connectivity index (χ3n) is 18.2. The third kappa shape index (κ3) is 19.7. The number of phenolic OH excluding ortho intramolecular Hbond substituents is 3.